The van der Waals surface area contributed by atoms with E-state index in [1.807, 2.05) is 19.2 Å². The van der Waals surface area contributed by atoms with E-state index in [4.69, 9.17) is 15.3 Å². The van der Waals surface area contributed by atoms with E-state index >= 15 is 0 Å². The van der Waals surface area contributed by atoms with E-state index < -0.39 is 0 Å². The highest BCUT2D eigenvalue weighted by molar-refractivity contribution is 5.84. The number of fused-ring (bicyclic) bond motifs is 1. The van der Waals surface area contributed by atoms with Gasteiger partial charge in [0, 0.05) is 43.6 Å². The molecular formula is C19H23N5O3. The fourth-order valence-corrected chi connectivity index (χ4v) is 3.50. The predicted octanol–water partition coefficient (Wildman–Crippen LogP) is 1.48. The quantitative estimate of drug-likeness (QED) is 0.705. The highest BCUT2D eigenvalue weighted by Gasteiger charge is 2.28. The summed E-state index contributed by atoms with van der Waals surface area (Å²) < 4.78 is 6.79. The molecule has 3 N–H and O–H groups in total. The van der Waals surface area contributed by atoms with Crippen LogP contribution in [0, 0.1) is 12.8 Å². The number of aromatic nitrogens is 4. The van der Waals surface area contributed by atoms with E-state index in [0.29, 0.717) is 30.7 Å². The monoisotopic (exact) mass is 369 g/mol. The first kappa shape index (κ1) is 17.5. The summed E-state index contributed by atoms with van der Waals surface area (Å²) in [6.45, 7) is 3.37. The van der Waals surface area contributed by atoms with Gasteiger partial charge in [-0.1, -0.05) is 6.07 Å². The molecule has 1 unspecified atom stereocenters. The fourth-order valence-electron chi connectivity index (χ4n) is 3.50. The smallest absolute Gasteiger partial charge is 0.359 e. The molecule has 0 aromatic carbocycles. The molecule has 1 fully saturated rings. The molecule has 4 rings (SSSR count). The maximum absolute atomic E-state index is 12.5. The lowest BCUT2D eigenvalue weighted by Gasteiger charge is -2.30. The Labute approximate surface area is 156 Å². The summed E-state index contributed by atoms with van der Waals surface area (Å²) >= 11 is 0. The first-order chi connectivity index (χ1) is 13.1. The number of aryl methyl sites for hydroxylation is 1. The number of nitrogens with one attached hydrogen (secondary N) is 1. The molecule has 27 heavy (non-hydrogen) atoms. The number of H-pyrrole nitrogens is 1. The maximum Gasteiger partial charge on any atom is 0.359 e. The molecule has 4 heterocycles. The van der Waals surface area contributed by atoms with Gasteiger partial charge in [-0.05, 0) is 37.5 Å². The Balaban J connectivity index is 1.66. The number of imidazole rings is 1. The number of anilines is 1. The largest absolute Gasteiger partial charge is 0.405 e. The first-order valence-corrected chi connectivity index (χ1v) is 9.13. The Morgan fingerprint density at radius 3 is 2.89 bits per heavy atom. The zero-order chi connectivity index (χ0) is 18.8. The van der Waals surface area contributed by atoms with Crippen molar-refractivity contribution in [3.63, 3.8) is 0 Å². The lowest BCUT2D eigenvalue weighted by molar-refractivity contribution is -0.0389. The van der Waals surface area contributed by atoms with Crippen LogP contribution in [0.3, 0.4) is 0 Å². The van der Waals surface area contributed by atoms with E-state index in [1.54, 1.807) is 12.3 Å². The van der Waals surface area contributed by atoms with Gasteiger partial charge in [-0.15, -0.1) is 4.73 Å². The Kier molecular flexibility index (Phi) is 4.81. The lowest BCUT2D eigenvalue weighted by atomic mass is 9.90. The zero-order valence-electron chi connectivity index (χ0n) is 15.2. The molecule has 3 aromatic rings. The minimum Gasteiger partial charge on any atom is -0.405 e. The normalized spacial score (nSPS) is 16.5. The second kappa shape index (κ2) is 7.40. The summed E-state index contributed by atoms with van der Waals surface area (Å²) in [5, 5.41) is 0. The average molecular weight is 369 g/mol. The van der Waals surface area contributed by atoms with Gasteiger partial charge in [0.2, 0.25) is 0 Å². The molecule has 0 saturated carbocycles. The van der Waals surface area contributed by atoms with Crippen LogP contribution in [0.1, 0.15) is 24.1 Å². The van der Waals surface area contributed by atoms with Crippen LogP contribution in [0.5, 0.6) is 0 Å². The molecular weight excluding hydrogens is 346 g/mol. The molecule has 0 radical (unpaired) electrons. The van der Waals surface area contributed by atoms with Crippen LogP contribution in [-0.2, 0) is 11.2 Å². The molecule has 1 saturated heterocycles. The number of nitrogens with two attached hydrogens (primary N) is 1. The minimum atomic E-state index is -0.358. The molecule has 142 valence electrons. The van der Waals surface area contributed by atoms with Crippen molar-refractivity contribution in [2.75, 3.05) is 18.9 Å². The Morgan fingerprint density at radius 2 is 2.15 bits per heavy atom. The Morgan fingerprint density at radius 1 is 1.33 bits per heavy atom. The van der Waals surface area contributed by atoms with E-state index in [9.17, 15) is 4.79 Å². The van der Waals surface area contributed by atoms with Crippen LogP contribution in [-0.4, -0.2) is 39.0 Å². The number of hydrogen-bond acceptors (Lipinski definition) is 6. The lowest BCUT2D eigenvalue weighted by Crippen LogP contribution is -2.40. The van der Waals surface area contributed by atoms with Crippen molar-refractivity contribution in [3.8, 4) is 0 Å². The molecule has 8 nitrogen and oxygen atoms in total. The molecule has 0 bridgehead atoms. The topological polar surface area (TPSA) is 108 Å². The van der Waals surface area contributed by atoms with Crippen LogP contribution < -0.4 is 16.3 Å². The van der Waals surface area contributed by atoms with E-state index in [1.165, 1.54) is 4.73 Å². The third-order valence-electron chi connectivity index (χ3n) is 5.04. The van der Waals surface area contributed by atoms with Crippen LogP contribution in [0.25, 0.3) is 11.0 Å². The summed E-state index contributed by atoms with van der Waals surface area (Å²) in [5.41, 5.74) is 8.64. The van der Waals surface area contributed by atoms with Gasteiger partial charge in [0.05, 0.1) is 0 Å². The minimum absolute atomic E-state index is 0.176. The Bertz CT molecular complexity index is 973. The molecule has 3 aromatic heterocycles. The fraction of sp³-hybridized carbons (Fsp3) is 0.421. The molecule has 0 aliphatic carbocycles. The number of hydrogen-bond donors (Lipinski definition) is 2. The average Bonchev–Trinajstić information content (AvgIpc) is 3.01. The van der Waals surface area contributed by atoms with Gasteiger partial charge >= 0.3 is 5.69 Å². The maximum atomic E-state index is 12.5. The van der Waals surface area contributed by atoms with Gasteiger partial charge in [-0.25, -0.2) is 9.78 Å². The summed E-state index contributed by atoms with van der Waals surface area (Å²) in [5.74, 6) is 0.563. The highest BCUT2D eigenvalue weighted by Crippen LogP contribution is 2.23. The SMILES string of the molecule is Cc1ccc(CC(On2c(=O)[nH]c3c(N)nccc32)C2CCOCC2)cn1. The third-order valence-corrected chi connectivity index (χ3v) is 5.04. The van der Waals surface area contributed by atoms with Crippen molar-refractivity contribution in [2.45, 2.75) is 32.3 Å². The summed E-state index contributed by atoms with van der Waals surface area (Å²) in [6, 6.07) is 5.76. The molecule has 1 aliphatic heterocycles. The highest BCUT2D eigenvalue weighted by atomic mass is 16.7. The summed E-state index contributed by atoms with van der Waals surface area (Å²) in [4.78, 5) is 29.8. The number of pyridine rings is 2. The number of nitrogens with zero attached hydrogens (tertiary/aromatic N) is 3. The van der Waals surface area contributed by atoms with Gasteiger partial charge in [0.1, 0.15) is 23.0 Å². The predicted molar refractivity (Wildman–Crippen MR) is 101 cm³/mol. The van der Waals surface area contributed by atoms with Crippen LogP contribution in [0.4, 0.5) is 5.82 Å². The van der Waals surface area contributed by atoms with Gasteiger partial charge in [0.15, 0.2) is 0 Å². The van der Waals surface area contributed by atoms with Crippen molar-refractivity contribution in [1.82, 2.24) is 19.7 Å². The molecule has 1 atom stereocenters. The molecule has 1 aliphatic rings. The van der Waals surface area contributed by atoms with E-state index in [2.05, 4.69) is 21.0 Å². The second-order valence-corrected chi connectivity index (χ2v) is 6.92. The van der Waals surface area contributed by atoms with Crippen molar-refractivity contribution in [3.05, 3.63) is 52.3 Å². The molecule has 0 amide bonds. The first-order valence-electron chi connectivity index (χ1n) is 9.13. The zero-order valence-corrected chi connectivity index (χ0v) is 15.2. The van der Waals surface area contributed by atoms with Crippen molar-refractivity contribution >= 4 is 16.9 Å². The summed E-state index contributed by atoms with van der Waals surface area (Å²) in [6.07, 6.45) is 5.71. The number of rotatable bonds is 5. The van der Waals surface area contributed by atoms with Gasteiger partial charge in [-0.2, -0.15) is 0 Å². The van der Waals surface area contributed by atoms with Crippen molar-refractivity contribution in [2.24, 2.45) is 5.92 Å². The van der Waals surface area contributed by atoms with Crippen molar-refractivity contribution < 1.29 is 9.57 Å². The Hall–Kier alpha value is -2.87. The number of aromatic amines is 1. The van der Waals surface area contributed by atoms with Crippen molar-refractivity contribution in [1.29, 1.82) is 0 Å². The molecule has 0 spiro atoms. The van der Waals surface area contributed by atoms with Gasteiger partial charge < -0.3 is 15.3 Å². The van der Waals surface area contributed by atoms with Crippen LogP contribution >= 0.6 is 0 Å². The van der Waals surface area contributed by atoms with Gasteiger partial charge in [0.25, 0.3) is 0 Å². The standard InChI is InChI=1S/C19H23N5O3/c1-12-2-3-13(11-22-12)10-16(14-5-8-26-9-6-14)27-24-15-4-7-21-18(20)17(15)23-19(24)25/h2-4,7,11,14,16H,5-6,8-10H2,1H3,(H2,20,21)(H,23,25). The number of ether oxygens (including phenoxy) is 1. The summed E-state index contributed by atoms with van der Waals surface area (Å²) in [7, 11) is 0. The third kappa shape index (κ3) is 3.66. The van der Waals surface area contributed by atoms with Gasteiger partial charge in [-0.3, -0.25) is 9.97 Å². The van der Waals surface area contributed by atoms with Crippen LogP contribution in [0.15, 0.2) is 35.4 Å². The van der Waals surface area contributed by atoms with Crippen LogP contribution in [0.2, 0.25) is 0 Å². The van der Waals surface area contributed by atoms with E-state index in [0.717, 1.165) is 24.1 Å². The second-order valence-electron chi connectivity index (χ2n) is 6.92. The van der Waals surface area contributed by atoms with E-state index in [-0.39, 0.29) is 23.5 Å². The number of nitrogen functional groups attached to an aromatic ring is 1. The molecule has 8 heteroatoms.